The number of ether oxygens (including phenoxy) is 1. The van der Waals surface area contributed by atoms with E-state index in [0.29, 0.717) is 45.1 Å². The standard InChI is InChI=1S/C15H23N3O4S/c1-23(20,21)18-9-10-22-12-15(11-18)4-7-17(8-5-15)14(19)13-3-2-6-16-13/h2-3,6,16H,4-5,7-12H2,1H3. The molecule has 2 saturated heterocycles. The van der Waals surface area contributed by atoms with E-state index in [0.717, 1.165) is 12.8 Å². The number of carbonyl (C=O) groups is 1. The average molecular weight is 341 g/mol. The molecule has 1 amide bonds. The fourth-order valence-corrected chi connectivity index (χ4v) is 4.27. The van der Waals surface area contributed by atoms with Gasteiger partial charge in [-0.3, -0.25) is 4.79 Å². The van der Waals surface area contributed by atoms with Crippen molar-refractivity contribution in [2.45, 2.75) is 12.8 Å². The lowest BCUT2D eigenvalue weighted by atomic mass is 9.79. The number of amides is 1. The van der Waals surface area contributed by atoms with E-state index in [1.165, 1.54) is 10.6 Å². The summed E-state index contributed by atoms with van der Waals surface area (Å²) in [5, 5.41) is 0. The highest BCUT2D eigenvalue weighted by Gasteiger charge is 2.41. The number of carbonyl (C=O) groups excluding carboxylic acids is 1. The van der Waals surface area contributed by atoms with Crippen LogP contribution in [0.25, 0.3) is 0 Å². The van der Waals surface area contributed by atoms with Gasteiger partial charge in [0.15, 0.2) is 0 Å². The van der Waals surface area contributed by atoms with Gasteiger partial charge in [0.25, 0.3) is 5.91 Å². The number of piperidine rings is 1. The highest BCUT2D eigenvalue weighted by atomic mass is 32.2. The molecule has 1 aromatic heterocycles. The van der Waals surface area contributed by atoms with Gasteiger partial charge in [-0.2, -0.15) is 4.31 Å². The quantitative estimate of drug-likeness (QED) is 0.851. The molecule has 0 atom stereocenters. The van der Waals surface area contributed by atoms with Crippen molar-refractivity contribution in [2.75, 3.05) is 45.6 Å². The highest BCUT2D eigenvalue weighted by molar-refractivity contribution is 7.88. The average Bonchev–Trinajstić information content (AvgIpc) is 2.96. The van der Waals surface area contributed by atoms with Crippen LogP contribution in [0, 0.1) is 5.41 Å². The van der Waals surface area contributed by atoms with Crippen LogP contribution < -0.4 is 0 Å². The van der Waals surface area contributed by atoms with Crippen LogP contribution >= 0.6 is 0 Å². The molecule has 0 unspecified atom stereocenters. The van der Waals surface area contributed by atoms with Crippen LogP contribution in [0.15, 0.2) is 18.3 Å². The van der Waals surface area contributed by atoms with Crippen LogP contribution in [0.3, 0.4) is 0 Å². The molecule has 8 heteroatoms. The van der Waals surface area contributed by atoms with Gasteiger partial charge < -0.3 is 14.6 Å². The van der Waals surface area contributed by atoms with Gasteiger partial charge in [-0.25, -0.2) is 8.42 Å². The Morgan fingerprint density at radius 2 is 2.04 bits per heavy atom. The van der Waals surface area contributed by atoms with Gasteiger partial charge in [0.05, 0.1) is 19.5 Å². The summed E-state index contributed by atoms with van der Waals surface area (Å²) in [5.74, 6) is -0.000593. The van der Waals surface area contributed by atoms with Crippen LogP contribution in [0.4, 0.5) is 0 Å². The van der Waals surface area contributed by atoms with Gasteiger partial charge in [0, 0.05) is 37.8 Å². The molecule has 1 spiro atoms. The zero-order valence-electron chi connectivity index (χ0n) is 13.3. The first-order valence-electron chi connectivity index (χ1n) is 7.85. The summed E-state index contributed by atoms with van der Waals surface area (Å²) >= 11 is 0. The van der Waals surface area contributed by atoms with Crippen LogP contribution in [-0.2, 0) is 14.8 Å². The van der Waals surface area contributed by atoms with Crippen molar-refractivity contribution in [3.05, 3.63) is 24.0 Å². The van der Waals surface area contributed by atoms with Crippen molar-refractivity contribution in [1.29, 1.82) is 0 Å². The van der Waals surface area contributed by atoms with Gasteiger partial charge in [0.2, 0.25) is 10.0 Å². The Kier molecular flexibility index (Phi) is 4.48. The molecule has 23 heavy (non-hydrogen) atoms. The molecule has 1 aromatic rings. The van der Waals surface area contributed by atoms with Crippen molar-refractivity contribution >= 4 is 15.9 Å². The first-order valence-corrected chi connectivity index (χ1v) is 9.70. The maximum absolute atomic E-state index is 12.4. The maximum Gasteiger partial charge on any atom is 0.270 e. The third-order valence-corrected chi connectivity index (χ3v) is 6.06. The zero-order chi connectivity index (χ0) is 16.5. The number of hydrogen-bond acceptors (Lipinski definition) is 4. The molecule has 128 valence electrons. The van der Waals surface area contributed by atoms with E-state index < -0.39 is 10.0 Å². The second-order valence-electron chi connectivity index (χ2n) is 6.53. The maximum atomic E-state index is 12.4. The number of aromatic amines is 1. The minimum atomic E-state index is -3.22. The number of sulfonamides is 1. The van der Waals surface area contributed by atoms with Crippen molar-refractivity contribution in [3.63, 3.8) is 0 Å². The summed E-state index contributed by atoms with van der Waals surface area (Å²) in [7, 11) is -3.22. The Bertz CT molecular complexity index is 648. The van der Waals surface area contributed by atoms with Crippen LogP contribution in [0.2, 0.25) is 0 Å². The molecule has 0 radical (unpaired) electrons. The summed E-state index contributed by atoms with van der Waals surface area (Å²) in [6.07, 6.45) is 4.49. The summed E-state index contributed by atoms with van der Waals surface area (Å²) in [6.45, 7) is 3.13. The monoisotopic (exact) mass is 341 g/mol. The summed E-state index contributed by atoms with van der Waals surface area (Å²) in [6, 6.07) is 3.58. The molecular formula is C15H23N3O4S. The van der Waals surface area contributed by atoms with Crippen LogP contribution in [0.5, 0.6) is 0 Å². The third-order valence-electron chi connectivity index (χ3n) is 4.81. The number of aromatic nitrogens is 1. The minimum Gasteiger partial charge on any atom is -0.379 e. The predicted octanol–water partition coefficient (Wildman–Crippen LogP) is 0.529. The Hall–Kier alpha value is -1.38. The molecule has 0 saturated carbocycles. The van der Waals surface area contributed by atoms with Crippen molar-refractivity contribution in [2.24, 2.45) is 5.41 Å². The summed E-state index contributed by atoms with van der Waals surface area (Å²) < 4.78 is 31.0. The Morgan fingerprint density at radius 1 is 1.30 bits per heavy atom. The molecule has 7 nitrogen and oxygen atoms in total. The van der Waals surface area contributed by atoms with Crippen molar-refractivity contribution in [1.82, 2.24) is 14.2 Å². The first kappa shape index (κ1) is 16.5. The van der Waals surface area contributed by atoms with Gasteiger partial charge in [-0.05, 0) is 25.0 Å². The number of nitrogens with zero attached hydrogens (tertiary/aromatic N) is 2. The summed E-state index contributed by atoms with van der Waals surface area (Å²) in [5.41, 5.74) is 0.405. The second-order valence-corrected chi connectivity index (χ2v) is 8.51. The molecule has 3 heterocycles. The molecule has 0 aliphatic carbocycles. The zero-order valence-corrected chi connectivity index (χ0v) is 14.1. The van der Waals surface area contributed by atoms with E-state index in [2.05, 4.69) is 4.98 Å². The van der Waals surface area contributed by atoms with Crippen LogP contribution in [0.1, 0.15) is 23.3 Å². The Balaban J connectivity index is 1.68. The molecule has 2 fully saturated rings. The number of rotatable bonds is 2. The minimum absolute atomic E-state index is 0.000593. The fourth-order valence-electron chi connectivity index (χ4n) is 3.36. The lowest BCUT2D eigenvalue weighted by molar-refractivity contribution is 0.0177. The third kappa shape index (κ3) is 3.59. The van der Waals surface area contributed by atoms with E-state index in [9.17, 15) is 13.2 Å². The van der Waals surface area contributed by atoms with Gasteiger partial charge in [0.1, 0.15) is 5.69 Å². The SMILES string of the molecule is CS(=O)(=O)N1CCOCC2(CCN(C(=O)c3ccc[nH]3)CC2)C1. The van der Waals surface area contributed by atoms with Gasteiger partial charge >= 0.3 is 0 Å². The highest BCUT2D eigenvalue weighted by Crippen LogP contribution is 2.35. The molecular weight excluding hydrogens is 318 g/mol. The normalized spacial score (nSPS) is 22.9. The molecule has 3 rings (SSSR count). The molecule has 0 bridgehead atoms. The summed E-state index contributed by atoms with van der Waals surface area (Å²) in [4.78, 5) is 17.1. The van der Waals surface area contributed by atoms with Gasteiger partial charge in [-0.15, -0.1) is 0 Å². The number of likely N-dealkylation sites (tertiary alicyclic amines) is 1. The smallest absolute Gasteiger partial charge is 0.270 e. The van der Waals surface area contributed by atoms with Crippen molar-refractivity contribution < 1.29 is 17.9 Å². The molecule has 2 aliphatic rings. The Labute approximate surface area is 136 Å². The second kappa shape index (κ2) is 6.26. The first-order chi connectivity index (χ1) is 10.9. The largest absolute Gasteiger partial charge is 0.379 e. The number of nitrogens with one attached hydrogen (secondary N) is 1. The van der Waals surface area contributed by atoms with Crippen molar-refractivity contribution in [3.8, 4) is 0 Å². The Morgan fingerprint density at radius 3 is 2.65 bits per heavy atom. The van der Waals surface area contributed by atoms with E-state index in [-0.39, 0.29) is 11.3 Å². The van der Waals surface area contributed by atoms with E-state index in [1.807, 2.05) is 11.0 Å². The molecule has 1 N–H and O–H groups in total. The van der Waals surface area contributed by atoms with Gasteiger partial charge in [-0.1, -0.05) is 0 Å². The lowest BCUT2D eigenvalue weighted by Gasteiger charge is -2.42. The van der Waals surface area contributed by atoms with E-state index >= 15 is 0 Å². The molecule has 2 aliphatic heterocycles. The molecule has 0 aromatic carbocycles. The topological polar surface area (TPSA) is 82.7 Å². The number of H-pyrrole nitrogens is 1. The van der Waals surface area contributed by atoms with Crippen LogP contribution in [-0.4, -0.2) is 74.2 Å². The number of hydrogen-bond donors (Lipinski definition) is 1. The lowest BCUT2D eigenvalue weighted by Crippen LogP contribution is -2.49. The van der Waals surface area contributed by atoms with E-state index in [4.69, 9.17) is 4.74 Å². The fraction of sp³-hybridized carbons (Fsp3) is 0.667. The van der Waals surface area contributed by atoms with E-state index in [1.54, 1.807) is 12.3 Å². The predicted molar refractivity (Wildman–Crippen MR) is 85.6 cm³/mol.